The van der Waals surface area contributed by atoms with Crippen LogP contribution in [0.1, 0.15) is 46.0 Å². The van der Waals surface area contributed by atoms with Crippen LogP contribution in [-0.4, -0.2) is 41.6 Å². The molecular weight excluding hydrogens is 256 g/mol. The molecule has 0 aliphatic carbocycles. The summed E-state index contributed by atoms with van der Waals surface area (Å²) in [7, 11) is 0. The average molecular weight is 282 g/mol. The van der Waals surface area contributed by atoms with Crippen molar-refractivity contribution in [3.05, 3.63) is 12.2 Å². The standard InChI is InChI=1S/C15H26N2O3/c1-3-5-6-10-16-14(20)17-11-8-15(7-4-2,9-12-17)13(18)19/h3,5H,4,6-12H2,1-2H3,(H,16,20)(H,18,19)/b5-3+. The third kappa shape index (κ3) is 4.25. The number of hydrogen-bond donors (Lipinski definition) is 2. The molecule has 5 heteroatoms. The molecule has 1 rings (SSSR count). The van der Waals surface area contributed by atoms with Gasteiger partial charge < -0.3 is 15.3 Å². The van der Waals surface area contributed by atoms with E-state index in [-0.39, 0.29) is 6.03 Å². The van der Waals surface area contributed by atoms with Gasteiger partial charge in [-0.3, -0.25) is 4.79 Å². The lowest BCUT2D eigenvalue weighted by molar-refractivity contribution is -0.152. The summed E-state index contributed by atoms with van der Waals surface area (Å²) >= 11 is 0. The molecule has 0 bridgehead atoms. The van der Waals surface area contributed by atoms with Gasteiger partial charge in [0.25, 0.3) is 0 Å². The van der Waals surface area contributed by atoms with Crippen LogP contribution in [0.15, 0.2) is 12.2 Å². The van der Waals surface area contributed by atoms with E-state index >= 15 is 0 Å². The maximum absolute atomic E-state index is 11.9. The van der Waals surface area contributed by atoms with E-state index in [9.17, 15) is 14.7 Å². The van der Waals surface area contributed by atoms with E-state index in [4.69, 9.17) is 0 Å². The van der Waals surface area contributed by atoms with Gasteiger partial charge in [0.1, 0.15) is 0 Å². The summed E-state index contributed by atoms with van der Waals surface area (Å²) in [6.07, 6.45) is 7.45. The fraction of sp³-hybridized carbons (Fsp3) is 0.733. The molecule has 0 aromatic heterocycles. The predicted molar refractivity (Wildman–Crippen MR) is 78.6 cm³/mol. The van der Waals surface area contributed by atoms with Gasteiger partial charge in [-0.25, -0.2) is 4.79 Å². The molecule has 5 nitrogen and oxygen atoms in total. The molecule has 1 heterocycles. The molecule has 0 aromatic rings. The van der Waals surface area contributed by atoms with Crippen LogP contribution in [0.4, 0.5) is 4.79 Å². The Labute approximate surface area is 121 Å². The Morgan fingerprint density at radius 1 is 1.35 bits per heavy atom. The van der Waals surface area contributed by atoms with Gasteiger partial charge in [-0.1, -0.05) is 25.5 Å². The van der Waals surface area contributed by atoms with Crippen molar-refractivity contribution in [2.75, 3.05) is 19.6 Å². The average Bonchev–Trinajstić information content (AvgIpc) is 2.44. The Morgan fingerprint density at radius 3 is 2.50 bits per heavy atom. The van der Waals surface area contributed by atoms with Crippen molar-refractivity contribution in [3.63, 3.8) is 0 Å². The van der Waals surface area contributed by atoms with Crippen molar-refractivity contribution < 1.29 is 14.7 Å². The number of piperidine rings is 1. The highest BCUT2D eigenvalue weighted by Crippen LogP contribution is 2.36. The third-order valence-corrected chi connectivity index (χ3v) is 4.01. The molecule has 0 unspecified atom stereocenters. The van der Waals surface area contributed by atoms with Gasteiger partial charge in [-0.15, -0.1) is 0 Å². The SMILES string of the molecule is C/C=C/CCNC(=O)N1CCC(CCC)(C(=O)O)CC1. The number of likely N-dealkylation sites (tertiary alicyclic amines) is 1. The van der Waals surface area contributed by atoms with E-state index in [2.05, 4.69) is 5.32 Å². The monoisotopic (exact) mass is 282 g/mol. The van der Waals surface area contributed by atoms with Crippen molar-refractivity contribution in [1.29, 1.82) is 0 Å². The minimum atomic E-state index is -0.715. The van der Waals surface area contributed by atoms with E-state index in [0.717, 1.165) is 12.8 Å². The number of allylic oxidation sites excluding steroid dienone is 1. The number of carbonyl (C=O) groups is 2. The molecule has 114 valence electrons. The Morgan fingerprint density at radius 2 is 2.00 bits per heavy atom. The summed E-state index contributed by atoms with van der Waals surface area (Å²) in [5.41, 5.74) is -0.628. The normalized spacial score (nSPS) is 18.2. The molecule has 1 fully saturated rings. The van der Waals surface area contributed by atoms with Crippen molar-refractivity contribution in [3.8, 4) is 0 Å². The van der Waals surface area contributed by atoms with Crippen LogP contribution in [-0.2, 0) is 4.79 Å². The van der Waals surface area contributed by atoms with Crippen LogP contribution in [0.5, 0.6) is 0 Å². The lowest BCUT2D eigenvalue weighted by Gasteiger charge is -2.38. The van der Waals surface area contributed by atoms with Gasteiger partial charge in [0.15, 0.2) is 0 Å². The van der Waals surface area contributed by atoms with Crippen LogP contribution < -0.4 is 5.32 Å². The van der Waals surface area contributed by atoms with Crippen LogP contribution in [0.25, 0.3) is 0 Å². The molecule has 2 N–H and O–H groups in total. The molecular formula is C15H26N2O3. The van der Waals surface area contributed by atoms with Crippen LogP contribution >= 0.6 is 0 Å². The lowest BCUT2D eigenvalue weighted by atomic mass is 9.75. The first kappa shape index (κ1) is 16.5. The highest BCUT2D eigenvalue weighted by atomic mass is 16.4. The first-order valence-corrected chi connectivity index (χ1v) is 7.43. The second-order valence-corrected chi connectivity index (χ2v) is 5.41. The zero-order valence-corrected chi connectivity index (χ0v) is 12.5. The smallest absolute Gasteiger partial charge is 0.317 e. The van der Waals surface area contributed by atoms with Gasteiger partial charge in [-0.2, -0.15) is 0 Å². The summed E-state index contributed by atoms with van der Waals surface area (Å²) < 4.78 is 0. The van der Waals surface area contributed by atoms with Gasteiger partial charge in [0.2, 0.25) is 0 Å². The van der Waals surface area contributed by atoms with Crippen LogP contribution in [0.3, 0.4) is 0 Å². The molecule has 0 spiro atoms. The molecule has 2 amide bonds. The van der Waals surface area contributed by atoms with E-state index in [1.54, 1.807) is 4.90 Å². The molecule has 1 saturated heterocycles. The van der Waals surface area contributed by atoms with Gasteiger partial charge in [-0.05, 0) is 32.6 Å². The zero-order chi connectivity index (χ0) is 15.0. The second kappa shape index (κ2) is 7.92. The van der Waals surface area contributed by atoms with Crippen molar-refractivity contribution >= 4 is 12.0 Å². The highest BCUT2D eigenvalue weighted by molar-refractivity contribution is 5.77. The first-order valence-electron chi connectivity index (χ1n) is 7.43. The molecule has 0 saturated carbocycles. The van der Waals surface area contributed by atoms with E-state index in [1.807, 2.05) is 26.0 Å². The Hall–Kier alpha value is -1.52. The Balaban J connectivity index is 2.44. The van der Waals surface area contributed by atoms with E-state index in [0.29, 0.717) is 38.9 Å². The fourth-order valence-electron chi connectivity index (χ4n) is 2.73. The van der Waals surface area contributed by atoms with Gasteiger partial charge in [0.05, 0.1) is 5.41 Å². The van der Waals surface area contributed by atoms with Crippen molar-refractivity contribution in [2.24, 2.45) is 5.41 Å². The molecule has 0 radical (unpaired) electrons. The maximum Gasteiger partial charge on any atom is 0.317 e. The van der Waals surface area contributed by atoms with E-state index < -0.39 is 11.4 Å². The van der Waals surface area contributed by atoms with Crippen molar-refractivity contribution in [2.45, 2.75) is 46.0 Å². The maximum atomic E-state index is 11.9. The Kier molecular flexibility index (Phi) is 6.55. The quantitative estimate of drug-likeness (QED) is 0.581. The second-order valence-electron chi connectivity index (χ2n) is 5.41. The number of carboxylic acid groups (broad SMARTS) is 1. The van der Waals surface area contributed by atoms with Crippen LogP contribution in [0.2, 0.25) is 0 Å². The third-order valence-electron chi connectivity index (χ3n) is 4.01. The molecule has 20 heavy (non-hydrogen) atoms. The number of hydrogen-bond acceptors (Lipinski definition) is 2. The zero-order valence-electron chi connectivity index (χ0n) is 12.5. The molecule has 0 aromatic carbocycles. The summed E-state index contributed by atoms with van der Waals surface area (Å²) in [4.78, 5) is 25.1. The van der Waals surface area contributed by atoms with Crippen molar-refractivity contribution in [1.82, 2.24) is 10.2 Å². The number of urea groups is 1. The predicted octanol–water partition coefficient (Wildman–Crippen LogP) is 2.63. The minimum absolute atomic E-state index is 0.0787. The number of nitrogens with one attached hydrogen (secondary N) is 1. The van der Waals surface area contributed by atoms with Gasteiger partial charge in [0, 0.05) is 19.6 Å². The number of carbonyl (C=O) groups excluding carboxylic acids is 1. The number of aliphatic carboxylic acids is 1. The fourth-order valence-corrected chi connectivity index (χ4v) is 2.73. The highest BCUT2D eigenvalue weighted by Gasteiger charge is 2.41. The van der Waals surface area contributed by atoms with Crippen LogP contribution in [0, 0.1) is 5.41 Å². The minimum Gasteiger partial charge on any atom is -0.481 e. The molecule has 1 aliphatic heterocycles. The topological polar surface area (TPSA) is 69.6 Å². The molecule has 0 atom stereocenters. The Bertz CT molecular complexity index is 358. The first-order chi connectivity index (χ1) is 9.55. The number of amides is 2. The number of carboxylic acids is 1. The van der Waals surface area contributed by atoms with Gasteiger partial charge >= 0.3 is 12.0 Å². The largest absolute Gasteiger partial charge is 0.481 e. The number of rotatable bonds is 6. The summed E-state index contributed by atoms with van der Waals surface area (Å²) in [6.45, 7) is 5.64. The summed E-state index contributed by atoms with van der Waals surface area (Å²) in [5, 5.41) is 12.3. The summed E-state index contributed by atoms with van der Waals surface area (Å²) in [5.74, 6) is -0.715. The molecule has 1 aliphatic rings. The number of nitrogens with zero attached hydrogens (tertiary/aromatic N) is 1. The lowest BCUT2D eigenvalue weighted by Crippen LogP contribution is -2.49. The van der Waals surface area contributed by atoms with E-state index in [1.165, 1.54) is 0 Å². The summed E-state index contributed by atoms with van der Waals surface area (Å²) in [6, 6.07) is -0.0787.